The van der Waals surface area contributed by atoms with Gasteiger partial charge >= 0.3 is 0 Å². The molecular weight excluding hydrogens is 735 g/mol. The fourth-order valence-electron chi connectivity index (χ4n) is 7.04. The molecule has 2 aromatic rings. The highest BCUT2D eigenvalue weighted by molar-refractivity contribution is 7.87. The number of nitrogens with one attached hydrogen (secondary N) is 6. The minimum Gasteiger partial charge on any atom is -0.355 e. The summed E-state index contributed by atoms with van der Waals surface area (Å²) in [6.07, 6.45) is 9.64. The third-order valence-electron chi connectivity index (χ3n) is 10.4. The molecule has 4 rings (SSSR count). The number of anilines is 2. The molecule has 8 N–H and O–H groups in total. The molecule has 56 heavy (non-hydrogen) atoms. The maximum Gasteiger partial charge on any atom is 0.277 e. The molecule has 0 bridgehead atoms. The minimum atomic E-state index is -3.80. The van der Waals surface area contributed by atoms with Gasteiger partial charge in [0.1, 0.15) is 6.29 Å². The van der Waals surface area contributed by atoms with Gasteiger partial charge in [0.15, 0.2) is 0 Å². The van der Waals surface area contributed by atoms with Crippen LogP contribution in [0.2, 0.25) is 0 Å². The lowest BCUT2D eigenvalue weighted by Gasteiger charge is -2.34. The van der Waals surface area contributed by atoms with Crippen molar-refractivity contribution in [3.05, 3.63) is 59.7 Å². The van der Waals surface area contributed by atoms with E-state index in [-0.39, 0.29) is 36.2 Å². The minimum absolute atomic E-state index is 0.0273. The van der Waals surface area contributed by atoms with Gasteiger partial charge in [-0.1, -0.05) is 49.9 Å². The van der Waals surface area contributed by atoms with Crippen LogP contribution in [0.25, 0.3) is 0 Å². The third kappa shape index (κ3) is 16.8. The average molecular weight is 798 g/mol. The summed E-state index contributed by atoms with van der Waals surface area (Å²) in [5.74, 6) is -0.183. The predicted octanol–water partition coefficient (Wildman–Crippen LogP) is 1.90. The monoisotopic (exact) mass is 797 g/mol. The van der Waals surface area contributed by atoms with Gasteiger partial charge in [-0.2, -0.15) is 17.9 Å². The molecule has 1 saturated carbocycles. The number of hydrogen-bond donors (Lipinski definition) is 7. The van der Waals surface area contributed by atoms with Crippen molar-refractivity contribution >= 4 is 45.6 Å². The van der Waals surface area contributed by atoms with E-state index in [9.17, 15) is 27.6 Å². The Bertz CT molecular complexity index is 1610. The maximum atomic E-state index is 12.7. The SMILES string of the molecule is CN[C@@H](Cc1ccc(NC(=O)CCN2CCN(CCC(=O)Nc3ccc(C[C@H](C=O)NS(=O)(=O)NC4CCCCC4)cc3)CC2)cc1)C(=O)NCCCCCN. The summed E-state index contributed by atoms with van der Waals surface area (Å²) in [6.45, 7) is 5.82. The van der Waals surface area contributed by atoms with Crippen LogP contribution in [0, 0.1) is 0 Å². The number of unbranched alkanes of at least 4 members (excludes halogenated alkanes) is 2. The van der Waals surface area contributed by atoms with Crippen molar-refractivity contribution < 1.29 is 27.6 Å². The lowest BCUT2D eigenvalue weighted by Crippen LogP contribution is -2.48. The summed E-state index contributed by atoms with van der Waals surface area (Å²) in [7, 11) is -2.03. The Balaban J connectivity index is 1.08. The fraction of sp³-hybridized carbons (Fsp3) is 0.600. The first-order valence-corrected chi connectivity index (χ1v) is 21.7. The molecule has 0 spiro atoms. The van der Waals surface area contributed by atoms with Crippen LogP contribution in [0.4, 0.5) is 11.4 Å². The molecular formula is C40H63N9O6S. The molecule has 1 heterocycles. The van der Waals surface area contributed by atoms with Gasteiger partial charge in [0, 0.05) is 76.1 Å². The number of benzene rings is 2. The van der Waals surface area contributed by atoms with Crippen LogP contribution in [0.15, 0.2) is 48.5 Å². The van der Waals surface area contributed by atoms with Crippen molar-refractivity contribution in [1.29, 1.82) is 0 Å². The number of nitrogens with two attached hydrogens (primary N) is 1. The number of piperazine rings is 1. The topological polar surface area (TPSA) is 207 Å². The van der Waals surface area contributed by atoms with Crippen LogP contribution in [0.5, 0.6) is 0 Å². The van der Waals surface area contributed by atoms with Crippen molar-refractivity contribution in [3.63, 3.8) is 0 Å². The fourth-order valence-corrected chi connectivity index (χ4v) is 8.32. The molecule has 1 aliphatic heterocycles. The van der Waals surface area contributed by atoms with Gasteiger partial charge in [-0.15, -0.1) is 0 Å². The number of carbonyl (C=O) groups is 4. The van der Waals surface area contributed by atoms with Gasteiger partial charge in [-0.3, -0.25) is 14.4 Å². The first-order valence-electron chi connectivity index (χ1n) is 20.2. The second kappa shape index (κ2) is 24.1. The number of likely N-dealkylation sites (N-methyl/N-ethyl adjacent to an activating group) is 1. The van der Waals surface area contributed by atoms with Crippen LogP contribution in [-0.2, 0) is 42.2 Å². The summed E-state index contributed by atoms with van der Waals surface area (Å²) < 4.78 is 30.2. The summed E-state index contributed by atoms with van der Waals surface area (Å²) in [5, 5.41) is 12.0. The maximum absolute atomic E-state index is 12.7. The van der Waals surface area contributed by atoms with E-state index in [0.29, 0.717) is 57.4 Å². The molecule has 15 nitrogen and oxygen atoms in total. The molecule has 1 saturated heterocycles. The van der Waals surface area contributed by atoms with Crippen LogP contribution in [0.1, 0.15) is 75.3 Å². The van der Waals surface area contributed by atoms with Crippen LogP contribution in [0.3, 0.4) is 0 Å². The summed E-state index contributed by atoms with van der Waals surface area (Å²) in [4.78, 5) is 54.1. The quantitative estimate of drug-likeness (QED) is 0.0607. The zero-order chi connectivity index (χ0) is 40.2. The number of amides is 3. The number of carbonyl (C=O) groups excluding carboxylic acids is 4. The molecule has 2 atom stereocenters. The molecule has 16 heteroatoms. The summed E-state index contributed by atoms with van der Waals surface area (Å²) in [5.41, 5.74) is 8.65. The Morgan fingerprint density at radius 2 is 1.32 bits per heavy atom. The van der Waals surface area contributed by atoms with Crippen LogP contribution < -0.4 is 36.4 Å². The van der Waals surface area contributed by atoms with Gasteiger partial charge in [0.2, 0.25) is 17.7 Å². The normalized spacial score (nSPS) is 16.8. The van der Waals surface area contributed by atoms with Crippen LogP contribution in [-0.4, -0.2) is 120 Å². The standard InChI is InChI=1S/C40H63N9O6S/c1-42-37(40(53)43-21-7-3-6-20-41)29-32-12-16-34(17-13-32)45-39(52)19-23-49-26-24-48(25-27-49)22-18-38(51)44-33-14-10-31(11-15-33)28-36(30-50)47-56(54,55)46-35-8-4-2-5-9-35/h10-17,30,35-37,42,46-47H,2-9,18-29,41H2,1H3,(H,43,53)(H,44,51)(H,45,52)/t36-,37+/m1/s1. The van der Waals surface area contributed by atoms with Crippen molar-refractivity contribution in [2.75, 3.05) is 70.0 Å². The largest absolute Gasteiger partial charge is 0.355 e. The van der Waals surface area contributed by atoms with Gasteiger partial charge in [-0.25, -0.2) is 0 Å². The van der Waals surface area contributed by atoms with E-state index < -0.39 is 16.3 Å². The molecule has 310 valence electrons. The number of aldehydes is 1. The number of hydrogen-bond acceptors (Lipinski definition) is 10. The molecule has 2 fully saturated rings. The van der Waals surface area contributed by atoms with Crippen molar-refractivity contribution in [1.82, 2.24) is 29.9 Å². The number of rotatable bonds is 24. The van der Waals surface area contributed by atoms with Crippen LogP contribution >= 0.6 is 0 Å². The Labute approximate surface area is 332 Å². The van der Waals surface area contributed by atoms with E-state index in [1.54, 1.807) is 31.3 Å². The molecule has 2 aliphatic rings. The molecule has 3 amide bonds. The van der Waals surface area contributed by atoms with E-state index >= 15 is 0 Å². The van der Waals surface area contributed by atoms with E-state index in [1.807, 2.05) is 24.3 Å². The van der Waals surface area contributed by atoms with Gasteiger partial charge in [0.25, 0.3) is 10.2 Å². The highest BCUT2D eigenvalue weighted by Crippen LogP contribution is 2.18. The highest BCUT2D eigenvalue weighted by atomic mass is 32.2. The second-order valence-corrected chi connectivity index (χ2v) is 16.4. The van der Waals surface area contributed by atoms with Crippen molar-refractivity contribution in [2.45, 2.75) is 95.2 Å². The zero-order valence-electron chi connectivity index (χ0n) is 32.9. The predicted molar refractivity (Wildman–Crippen MR) is 220 cm³/mol. The van der Waals surface area contributed by atoms with E-state index in [0.717, 1.165) is 94.4 Å². The van der Waals surface area contributed by atoms with E-state index in [4.69, 9.17) is 5.73 Å². The lowest BCUT2D eigenvalue weighted by molar-refractivity contribution is -0.123. The second-order valence-electron chi connectivity index (χ2n) is 14.9. The molecule has 0 unspecified atom stereocenters. The van der Waals surface area contributed by atoms with Gasteiger partial charge < -0.3 is 41.6 Å². The highest BCUT2D eigenvalue weighted by Gasteiger charge is 2.24. The molecule has 1 aliphatic carbocycles. The average Bonchev–Trinajstić information content (AvgIpc) is 3.19. The Hall–Kier alpha value is -3.77. The molecule has 0 aromatic heterocycles. The van der Waals surface area contributed by atoms with E-state index in [2.05, 4.69) is 40.5 Å². The van der Waals surface area contributed by atoms with Crippen molar-refractivity contribution in [2.24, 2.45) is 5.73 Å². The van der Waals surface area contributed by atoms with Gasteiger partial charge in [0.05, 0.1) is 12.1 Å². The number of nitrogens with zero attached hydrogens (tertiary/aromatic N) is 2. The molecule has 0 radical (unpaired) electrons. The Kier molecular flexibility index (Phi) is 19.3. The summed E-state index contributed by atoms with van der Waals surface area (Å²) in [6, 6.07) is 13.3. The smallest absolute Gasteiger partial charge is 0.277 e. The Morgan fingerprint density at radius 1 is 0.786 bits per heavy atom. The zero-order valence-corrected chi connectivity index (χ0v) is 33.7. The summed E-state index contributed by atoms with van der Waals surface area (Å²) >= 11 is 0. The van der Waals surface area contributed by atoms with E-state index in [1.165, 1.54) is 0 Å². The van der Waals surface area contributed by atoms with Crippen molar-refractivity contribution in [3.8, 4) is 0 Å². The lowest BCUT2D eigenvalue weighted by atomic mass is 9.96. The first kappa shape index (κ1) is 44.9. The third-order valence-corrected chi connectivity index (χ3v) is 11.6. The first-order chi connectivity index (χ1) is 27.0. The Morgan fingerprint density at radius 3 is 1.82 bits per heavy atom. The van der Waals surface area contributed by atoms with Gasteiger partial charge in [-0.05, 0) is 87.5 Å². The molecule has 2 aromatic carbocycles.